The van der Waals surface area contributed by atoms with Gasteiger partial charge in [-0.05, 0) is 38.8 Å². The van der Waals surface area contributed by atoms with Crippen LogP contribution in [0, 0.1) is 0 Å². The topological polar surface area (TPSA) is 69.6 Å². The molecule has 0 fully saturated rings. The lowest BCUT2D eigenvalue weighted by Crippen LogP contribution is -2.17. The fraction of sp³-hybridized carbons (Fsp3) is 0.889. The molecule has 3 N–H and O–H groups in total. The maximum Gasteiger partial charge on any atom is 0.303 e. The summed E-state index contributed by atoms with van der Waals surface area (Å²) in [6.07, 6.45) is 3.87. The van der Waals surface area contributed by atoms with Crippen LogP contribution in [0.3, 0.4) is 0 Å². The summed E-state index contributed by atoms with van der Waals surface area (Å²) in [4.78, 5) is 10.1. The molecule has 4 heteroatoms. The normalized spacial score (nSPS) is 10.2. The minimum atomic E-state index is -0.734. The molecule has 0 aromatic heterocycles. The van der Waals surface area contributed by atoms with E-state index in [0.717, 1.165) is 32.4 Å². The Hall–Kier alpha value is -0.610. The van der Waals surface area contributed by atoms with Gasteiger partial charge in [-0.3, -0.25) is 4.79 Å². The van der Waals surface area contributed by atoms with Gasteiger partial charge in [-0.15, -0.1) is 0 Å². The van der Waals surface area contributed by atoms with Crippen molar-refractivity contribution in [3.8, 4) is 0 Å². The Balaban J connectivity index is 2.87. The SMILES string of the molecule is O=C(O)CCCNCCCCCO. The molecule has 0 radical (unpaired) electrons. The maximum atomic E-state index is 10.1. The van der Waals surface area contributed by atoms with Crippen LogP contribution in [0.15, 0.2) is 0 Å². The highest BCUT2D eigenvalue weighted by atomic mass is 16.4. The van der Waals surface area contributed by atoms with Crippen LogP contribution in [0.5, 0.6) is 0 Å². The molecule has 0 aliphatic rings. The predicted molar refractivity (Wildman–Crippen MR) is 50.7 cm³/mol. The summed E-state index contributed by atoms with van der Waals surface area (Å²) in [5, 5.41) is 20.0. The van der Waals surface area contributed by atoms with Gasteiger partial charge < -0.3 is 15.5 Å². The maximum absolute atomic E-state index is 10.1. The molecule has 0 saturated carbocycles. The summed E-state index contributed by atoms with van der Waals surface area (Å²) >= 11 is 0. The van der Waals surface area contributed by atoms with Gasteiger partial charge >= 0.3 is 5.97 Å². The summed E-state index contributed by atoms with van der Waals surface area (Å²) in [6, 6.07) is 0. The van der Waals surface area contributed by atoms with Crippen LogP contribution in [0.2, 0.25) is 0 Å². The number of hydrogen-bond donors (Lipinski definition) is 3. The second kappa shape index (κ2) is 9.48. The molecule has 0 spiro atoms. The van der Waals surface area contributed by atoms with Crippen LogP contribution in [-0.4, -0.2) is 35.9 Å². The fourth-order valence-corrected chi connectivity index (χ4v) is 1.03. The van der Waals surface area contributed by atoms with Gasteiger partial charge in [0.1, 0.15) is 0 Å². The number of carboxylic acid groups (broad SMARTS) is 1. The van der Waals surface area contributed by atoms with E-state index in [4.69, 9.17) is 10.2 Å². The molecule has 0 atom stereocenters. The Morgan fingerprint density at radius 2 is 1.77 bits per heavy atom. The Kier molecular flexibility index (Phi) is 9.03. The van der Waals surface area contributed by atoms with Gasteiger partial charge in [-0.25, -0.2) is 0 Å². The fourth-order valence-electron chi connectivity index (χ4n) is 1.03. The first kappa shape index (κ1) is 12.4. The molecule has 0 heterocycles. The zero-order valence-corrected chi connectivity index (χ0v) is 7.96. The molecule has 0 aliphatic carbocycles. The summed E-state index contributed by atoms with van der Waals surface area (Å²) in [5.41, 5.74) is 0. The van der Waals surface area contributed by atoms with Crippen molar-refractivity contribution >= 4 is 5.97 Å². The van der Waals surface area contributed by atoms with Gasteiger partial charge in [0.15, 0.2) is 0 Å². The van der Waals surface area contributed by atoms with E-state index >= 15 is 0 Å². The van der Waals surface area contributed by atoms with E-state index in [1.807, 2.05) is 0 Å². The smallest absolute Gasteiger partial charge is 0.303 e. The van der Waals surface area contributed by atoms with E-state index in [9.17, 15) is 4.79 Å². The van der Waals surface area contributed by atoms with Crippen molar-refractivity contribution in [3.63, 3.8) is 0 Å². The van der Waals surface area contributed by atoms with E-state index in [1.165, 1.54) is 0 Å². The second-order valence-electron chi connectivity index (χ2n) is 3.03. The van der Waals surface area contributed by atoms with Gasteiger partial charge in [0.05, 0.1) is 0 Å². The van der Waals surface area contributed by atoms with Crippen LogP contribution >= 0.6 is 0 Å². The van der Waals surface area contributed by atoms with Gasteiger partial charge in [0.25, 0.3) is 0 Å². The molecule has 0 aliphatic heterocycles. The van der Waals surface area contributed by atoms with Crippen molar-refractivity contribution < 1.29 is 15.0 Å². The third-order valence-corrected chi connectivity index (χ3v) is 1.76. The molecule has 0 amide bonds. The van der Waals surface area contributed by atoms with Crippen molar-refractivity contribution in [3.05, 3.63) is 0 Å². The quantitative estimate of drug-likeness (QED) is 0.465. The van der Waals surface area contributed by atoms with E-state index in [1.54, 1.807) is 0 Å². The Labute approximate surface area is 79.0 Å². The minimum absolute atomic E-state index is 0.240. The number of rotatable bonds is 9. The van der Waals surface area contributed by atoms with Crippen LogP contribution < -0.4 is 5.32 Å². The molecule has 0 aromatic carbocycles. The van der Waals surface area contributed by atoms with Crippen molar-refractivity contribution in [2.75, 3.05) is 19.7 Å². The molecular weight excluding hydrogens is 170 g/mol. The van der Waals surface area contributed by atoms with Crippen LogP contribution in [0.1, 0.15) is 32.1 Å². The standard InChI is InChI=1S/C9H19NO3/c11-8-3-1-2-6-10-7-4-5-9(12)13/h10-11H,1-8H2,(H,12,13). The molecule has 78 valence electrons. The largest absolute Gasteiger partial charge is 0.481 e. The van der Waals surface area contributed by atoms with E-state index in [0.29, 0.717) is 6.42 Å². The molecule has 0 aromatic rings. The number of hydrogen-bond acceptors (Lipinski definition) is 3. The number of carbonyl (C=O) groups is 1. The first-order valence-electron chi connectivity index (χ1n) is 4.80. The lowest BCUT2D eigenvalue weighted by molar-refractivity contribution is -0.137. The van der Waals surface area contributed by atoms with Crippen molar-refractivity contribution in [1.82, 2.24) is 5.32 Å². The molecule has 0 bridgehead atoms. The molecule has 4 nitrogen and oxygen atoms in total. The number of nitrogens with one attached hydrogen (secondary N) is 1. The van der Waals surface area contributed by atoms with Gasteiger partial charge in [-0.1, -0.05) is 0 Å². The third kappa shape index (κ3) is 11.4. The molecule has 0 saturated heterocycles. The molecular formula is C9H19NO3. The van der Waals surface area contributed by atoms with E-state index in [-0.39, 0.29) is 13.0 Å². The number of aliphatic hydroxyl groups excluding tert-OH is 1. The Bertz CT molecular complexity index is 128. The predicted octanol–water partition coefficient (Wildman–Crippen LogP) is 0.603. The lowest BCUT2D eigenvalue weighted by Gasteiger charge is -2.02. The highest BCUT2D eigenvalue weighted by molar-refractivity contribution is 5.66. The zero-order chi connectivity index (χ0) is 9.94. The zero-order valence-electron chi connectivity index (χ0n) is 7.96. The molecule has 13 heavy (non-hydrogen) atoms. The summed E-state index contributed by atoms with van der Waals surface area (Å²) in [5.74, 6) is -0.734. The van der Waals surface area contributed by atoms with Crippen molar-refractivity contribution in [1.29, 1.82) is 0 Å². The first-order valence-corrected chi connectivity index (χ1v) is 4.80. The highest BCUT2D eigenvalue weighted by Gasteiger charge is 1.95. The Morgan fingerprint density at radius 3 is 2.38 bits per heavy atom. The van der Waals surface area contributed by atoms with Crippen LogP contribution in [0.25, 0.3) is 0 Å². The number of unbranched alkanes of at least 4 members (excludes halogenated alkanes) is 2. The average molecular weight is 189 g/mol. The number of aliphatic hydroxyl groups is 1. The minimum Gasteiger partial charge on any atom is -0.481 e. The summed E-state index contributed by atoms with van der Waals surface area (Å²) < 4.78 is 0. The van der Waals surface area contributed by atoms with E-state index in [2.05, 4.69) is 5.32 Å². The van der Waals surface area contributed by atoms with Gasteiger partial charge in [0, 0.05) is 13.0 Å². The van der Waals surface area contributed by atoms with Crippen molar-refractivity contribution in [2.45, 2.75) is 32.1 Å². The summed E-state index contributed by atoms with van der Waals surface area (Å²) in [7, 11) is 0. The number of aliphatic carboxylic acids is 1. The van der Waals surface area contributed by atoms with Gasteiger partial charge in [0.2, 0.25) is 0 Å². The number of carboxylic acids is 1. The van der Waals surface area contributed by atoms with E-state index < -0.39 is 5.97 Å². The summed E-state index contributed by atoms with van der Waals surface area (Å²) in [6.45, 7) is 1.95. The third-order valence-electron chi connectivity index (χ3n) is 1.76. The monoisotopic (exact) mass is 189 g/mol. The Morgan fingerprint density at radius 1 is 1.08 bits per heavy atom. The average Bonchev–Trinajstić information content (AvgIpc) is 2.09. The second-order valence-corrected chi connectivity index (χ2v) is 3.03. The lowest BCUT2D eigenvalue weighted by atomic mass is 10.2. The van der Waals surface area contributed by atoms with Crippen molar-refractivity contribution in [2.24, 2.45) is 0 Å². The first-order chi connectivity index (χ1) is 6.27. The molecule has 0 rings (SSSR count). The van der Waals surface area contributed by atoms with Gasteiger partial charge in [-0.2, -0.15) is 0 Å². The molecule has 0 unspecified atom stereocenters. The van der Waals surface area contributed by atoms with Crippen LogP contribution in [-0.2, 0) is 4.79 Å². The highest BCUT2D eigenvalue weighted by Crippen LogP contribution is 1.92. The van der Waals surface area contributed by atoms with Crippen LogP contribution in [0.4, 0.5) is 0 Å².